The van der Waals surface area contributed by atoms with Crippen LogP contribution in [0.15, 0.2) is 48.5 Å². The molecule has 1 N–H and O–H groups in total. The summed E-state index contributed by atoms with van der Waals surface area (Å²) in [6.45, 7) is 4.51. The van der Waals surface area contributed by atoms with Gasteiger partial charge in [-0.2, -0.15) is 0 Å². The van der Waals surface area contributed by atoms with E-state index in [9.17, 15) is 4.79 Å². The Morgan fingerprint density at radius 1 is 1.09 bits per heavy atom. The van der Waals surface area contributed by atoms with Crippen LogP contribution < -0.4 is 0 Å². The lowest BCUT2D eigenvalue weighted by molar-refractivity contribution is 0.0898. The first-order valence-corrected chi connectivity index (χ1v) is 7.56. The molecule has 3 heteroatoms. The van der Waals surface area contributed by atoms with Crippen LogP contribution in [-0.2, 0) is 4.74 Å². The molecule has 0 saturated carbocycles. The summed E-state index contributed by atoms with van der Waals surface area (Å²) in [5.41, 5.74) is 5.14. The van der Waals surface area contributed by atoms with Crippen LogP contribution in [0.25, 0.3) is 0 Å². The summed E-state index contributed by atoms with van der Waals surface area (Å²) in [5.74, 6) is 0.262. The maximum Gasteiger partial charge on any atom is 0.505 e. The van der Waals surface area contributed by atoms with Gasteiger partial charge in [0.25, 0.3) is 0 Å². The highest BCUT2D eigenvalue weighted by Crippen LogP contribution is 2.32. The second-order valence-electron chi connectivity index (χ2n) is 5.51. The summed E-state index contributed by atoms with van der Waals surface area (Å²) in [4.78, 5) is 10.5. The molecule has 0 aliphatic rings. The summed E-state index contributed by atoms with van der Waals surface area (Å²) in [6, 6.07) is 16.7. The monoisotopic (exact) mass is 298 g/mol. The first-order chi connectivity index (χ1) is 10.6. The van der Waals surface area contributed by atoms with Gasteiger partial charge in [0.1, 0.15) is 0 Å². The molecule has 3 nitrogen and oxygen atoms in total. The van der Waals surface area contributed by atoms with Crippen molar-refractivity contribution in [2.75, 3.05) is 6.61 Å². The highest BCUT2D eigenvalue weighted by atomic mass is 16.7. The van der Waals surface area contributed by atoms with Crippen molar-refractivity contribution in [2.24, 2.45) is 0 Å². The fourth-order valence-corrected chi connectivity index (χ4v) is 2.79. The van der Waals surface area contributed by atoms with Gasteiger partial charge in [0, 0.05) is 5.92 Å². The van der Waals surface area contributed by atoms with E-state index in [1.807, 2.05) is 18.2 Å². The molecule has 0 saturated heterocycles. The lowest BCUT2D eigenvalue weighted by Gasteiger charge is -2.21. The normalized spacial score (nSPS) is 11.9. The molecule has 0 heterocycles. The minimum absolute atomic E-state index is 0.240. The third kappa shape index (κ3) is 4.10. The van der Waals surface area contributed by atoms with Gasteiger partial charge in [-0.3, -0.25) is 0 Å². The van der Waals surface area contributed by atoms with Crippen molar-refractivity contribution in [3.63, 3.8) is 0 Å². The molecule has 0 fully saturated rings. The minimum atomic E-state index is -1.21. The number of aryl methyl sites for hydroxylation is 1. The lowest BCUT2D eigenvalue weighted by atomic mass is 9.84. The number of rotatable bonds is 6. The van der Waals surface area contributed by atoms with Crippen LogP contribution in [0.1, 0.15) is 41.0 Å². The molecule has 2 rings (SSSR count). The molecular weight excluding hydrogens is 276 g/mol. The Kier molecular flexibility index (Phi) is 5.59. The molecular formula is C19H22O3. The third-order valence-electron chi connectivity index (χ3n) is 4.09. The van der Waals surface area contributed by atoms with Gasteiger partial charge in [-0.1, -0.05) is 48.5 Å². The predicted molar refractivity (Wildman–Crippen MR) is 87.4 cm³/mol. The maximum absolute atomic E-state index is 10.5. The van der Waals surface area contributed by atoms with Gasteiger partial charge in [0.05, 0.1) is 6.61 Å². The van der Waals surface area contributed by atoms with Crippen molar-refractivity contribution in [1.82, 2.24) is 0 Å². The van der Waals surface area contributed by atoms with Gasteiger partial charge in [-0.05, 0) is 48.9 Å². The molecule has 2 aromatic carbocycles. The van der Waals surface area contributed by atoms with Crippen molar-refractivity contribution in [1.29, 1.82) is 0 Å². The topological polar surface area (TPSA) is 46.5 Å². The Morgan fingerprint density at radius 2 is 1.82 bits per heavy atom. The summed E-state index contributed by atoms with van der Waals surface area (Å²) in [6.07, 6.45) is 0.365. The predicted octanol–water partition coefficient (Wildman–Crippen LogP) is 4.91. The Bertz CT molecular complexity index is 620. The number of hydrogen-bond donors (Lipinski definition) is 1. The first-order valence-electron chi connectivity index (χ1n) is 7.56. The molecule has 0 spiro atoms. The van der Waals surface area contributed by atoms with Gasteiger partial charge in [0.2, 0.25) is 0 Å². The van der Waals surface area contributed by atoms with Crippen LogP contribution in [0.5, 0.6) is 0 Å². The summed E-state index contributed by atoms with van der Waals surface area (Å²) in [5, 5.41) is 8.57. The Balaban J connectivity index is 2.22. The van der Waals surface area contributed by atoms with E-state index < -0.39 is 6.16 Å². The number of benzene rings is 2. The Morgan fingerprint density at radius 3 is 2.50 bits per heavy atom. The molecule has 116 valence electrons. The molecule has 0 bridgehead atoms. The van der Waals surface area contributed by atoms with Crippen molar-refractivity contribution >= 4 is 6.16 Å². The molecule has 0 aromatic heterocycles. The molecule has 0 aliphatic heterocycles. The van der Waals surface area contributed by atoms with Gasteiger partial charge < -0.3 is 9.84 Å². The van der Waals surface area contributed by atoms with E-state index in [4.69, 9.17) is 5.11 Å². The number of carboxylic acid groups (broad SMARTS) is 1. The van der Waals surface area contributed by atoms with E-state index in [2.05, 4.69) is 48.9 Å². The zero-order chi connectivity index (χ0) is 15.9. The second kappa shape index (κ2) is 7.64. The van der Waals surface area contributed by atoms with E-state index in [0.717, 1.165) is 6.42 Å². The molecule has 22 heavy (non-hydrogen) atoms. The van der Waals surface area contributed by atoms with E-state index in [1.165, 1.54) is 22.3 Å². The van der Waals surface area contributed by atoms with Crippen LogP contribution in [-0.4, -0.2) is 17.9 Å². The Hall–Kier alpha value is -2.29. The average Bonchev–Trinajstić information content (AvgIpc) is 2.51. The zero-order valence-corrected chi connectivity index (χ0v) is 13.1. The molecule has 1 atom stereocenters. The van der Waals surface area contributed by atoms with E-state index in [0.29, 0.717) is 6.42 Å². The van der Waals surface area contributed by atoms with Crippen LogP contribution in [0.4, 0.5) is 4.79 Å². The molecule has 0 amide bonds. The summed E-state index contributed by atoms with van der Waals surface area (Å²) < 4.78 is 4.63. The van der Waals surface area contributed by atoms with Crippen LogP contribution >= 0.6 is 0 Å². The van der Waals surface area contributed by atoms with E-state index >= 15 is 0 Å². The van der Waals surface area contributed by atoms with Gasteiger partial charge >= 0.3 is 6.16 Å². The summed E-state index contributed by atoms with van der Waals surface area (Å²) in [7, 11) is 0. The highest BCUT2D eigenvalue weighted by molar-refractivity contribution is 5.56. The highest BCUT2D eigenvalue weighted by Gasteiger charge is 2.16. The van der Waals surface area contributed by atoms with Crippen molar-refractivity contribution in [2.45, 2.75) is 32.6 Å². The van der Waals surface area contributed by atoms with Crippen LogP contribution in [0.2, 0.25) is 0 Å². The SMILES string of the molecule is Cc1cccc(C(CCCOC(=O)O)c2ccccc2)c1C. The summed E-state index contributed by atoms with van der Waals surface area (Å²) >= 11 is 0. The van der Waals surface area contributed by atoms with E-state index in [-0.39, 0.29) is 12.5 Å². The number of carbonyl (C=O) groups is 1. The second-order valence-corrected chi connectivity index (χ2v) is 5.51. The number of hydrogen-bond acceptors (Lipinski definition) is 2. The molecule has 2 aromatic rings. The van der Waals surface area contributed by atoms with Crippen molar-refractivity contribution in [3.05, 3.63) is 70.8 Å². The molecule has 0 radical (unpaired) electrons. The van der Waals surface area contributed by atoms with Gasteiger partial charge in [-0.15, -0.1) is 0 Å². The fourth-order valence-electron chi connectivity index (χ4n) is 2.79. The minimum Gasteiger partial charge on any atom is -0.450 e. The average molecular weight is 298 g/mol. The zero-order valence-electron chi connectivity index (χ0n) is 13.1. The maximum atomic E-state index is 10.5. The van der Waals surface area contributed by atoms with Crippen LogP contribution in [0.3, 0.4) is 0 Å². The van der Waals surface area contributed by atoms with Gasteiger partial charge in [0.15, 0.2) is 0 Å². The van der Waals surface area contributed by atoms with Gasteiger partial charge in [-0.25, -0.2) is 4.79 Å². The standard InChI is InChI=1S/C19H22O3/c1-14-8-6-11-17(15(14)2)18(12-7-13-22-19(20)21)16-9-4-3-5-10-16/h3-6,8-11,18H,7,12-13H2,1-2H3,(H,20,21). The lowest BCUT2D eigenvalue weighted by Crippen LogP contribution is -2.08. The van der Waals surface area contributed by atoms with E-state index in [1.54, 1.807) is 0 Å². The number of ether oxygens (including phenoxy) is 1. The molecule has 0 aliphatic carbocycles. The quantitative estimate of drug-likeness (QED) is 0.609. The van der Waals surface area contributed by atoms with Crippen LogP contribution in [0, 0.1) is 13.8 Å². The first kappa shape index (κ1) is 16.1. The Labute approximate surface area is 131 Å². The smallest absolute Gasteiger partial charge is 0.450 e. The largest absolute Gasteiger partial charge is 0.505 e. The van der Waals surface area contributed by atoms with Crippen molar-refractivity contribution < 1.29 is 14.6 Å². The fraction of sp³-hybridized carbons (Fsp3) is 0.316. The molecule has 1 unspecified atom stereocenters. The van der Waals surface area contributed by atoms with Crippen molar-refractivity contribution in [3.8, 4) is 0 Å². The third-order valence-corrected chi connectivity index (χ3v) is 4.09.